The Kier molecular flexibility index (Phi) is 4.49. The molecule has 0 saturated heterocycles. The predicted octanol–water partition coefficient (Wildman–Crippen LogP) is 2.01. The Morgan fingerprint density at radius 1 is 1.53 bits per heavy atom. The van der Waals surface area contributed by atoms with Crippen LogP contribution in [0.4, 0.5) is 0 Å². The van der Waals surface area contributed by atoms with Crippen LogP contribution >= 0.6 is 11.8 Å². The maximum absolute atomic E-state index is 11.5. The van der Waals surface area contributed by atoms with E-state index in [1.807, 2.05) is 6.26 Å². The van der Waals surface area contributed by atoms with Gasteiger partial charge in [0, 0.05) is 11.3 Å². The van der Waals surface area contributed by atoms with Crippen LogP contribution in [0.5, 0.6) is 5.75 Å². The van der Waals surface area contributed by atoms with Crippen molar-refractivity contribution < 1.29 is 14.6 Å². The van der Waals surface area contributed by atoms with E-state index >= 15 is 0 Å². The van der Waals surface area contributed by atoms with Crippen molar-refractivity contribution in [3.8, 4) is 5.75 Å². The van der Waals surface area contributed by atoms with Gasteiger partial charge in [0.2, 0.25) is 0 Å². The standard InChI is InChI=1S/C11H14O3S/c1-14-11(13)9(7-15-2)8-5-3-4-6-10(8)12/h3-6,9,12H,7H2,1-2H3. The van der Waals surface area contributed by atoms with Gasteiger partial charge in [0.15, 0.2) is 0 Å². The fraction of sp³-hybridized carbons (Fsp3) is 0.364. The number of methoxy groups -OCH3 is 1. The lowest BCUT2D eigenvalue weighted by atomic mass is 10.0. The summed E-state index contributed by atoms with van der Waals surface area (Å²) in [5.41, 5.74) is 0.624. The summed E-state index contributed by atoms with van der Waals surface area (Å²) in [4.78, 5) is 11.5. The van der Waals surface area contributed by atoms with Gasteiger partial charge in [-0.15, -0.1) is 0 Å². The first-order chi connectivity index (χ1) is 7.20. The monoisotopic (exact) mass is 226 g/mol. The van der Waals surface area contributed by atoms with E-state index in [4.69, 9.17) is 4.74 Å². The molecule has 1 unspecified atom stereocenters. The average molecular weight is 226 g/mol. The number of rotatable bonds is 4. The van der Waals surface area contributed by atoms with Gasteiger partial charge in [-0.3, -0.25) is 4.79 Å². The molecule has 0 heterocycles. The number of thioether (sulfide) groups is 1. The van der Waals surface area contributed by atoms with Crippen LogP contribution < -0.4 is 0 Å². The van der Waals surface area contributed by atoms with E-state index in [2.05, 4.69) is 0 Å². The topological polar surface area (TPSA) is 46.5 Å². The first-order valence-corrected chi connectivity index (χ1v) is 5.94. The first-order valence-electron chi connectivity index (χ1n) is 4.55. The lowest BCUT2D eigenvalue weighted by molar-refractivity contribution is -0.141. The van der Waals surface area contributed by atoms with Gasteiger partial charge < -0.3 is 9.84 Å². The number of phenols is 1. The molecule has 3 nitrogen and oxygen atoms in total. The van der Waals surface area contributed by atoms with Crippen LogP contribution in [0.2, 0.25) is 0 Å². The van der Waals surface area contributed by atoms with Gasteiger partial charge in [0.25, 0.3) is 0 Å². The number of phenolic OH excluding ortho intramolecular Hbond substituents is 1. The SMILES string of the molecule is COC(=O)C(CSC)c1ccccc1O. The minimum atomic E-state index is -0.397. The van der Waals surface area contributed by atoms with Crippen molar-refractivity contribution in [1.29, 1.82) is 0 Å². The number of para-hydroxylation sites is 1. The maximum Gasteiger partial charge on any atom is 0.314 e. The third-order valence-corrected chi connectivity index (χ3v) is 2.80. The molecule has 82 valence electrons. The van der Waals surface area contributed by atoms with Crippen LogP contribution in [0, 0.1) is 0 Å². The van der Waals surface area contributed by atoms with E-state index in [1.165, 1.54) is 7.11 Å². The Morgan fingerprint density at radius 3 is 2.73 bits per heavy atom. The molecule has 1 atom stereocenters. The Morgan fingerprint density at radius 2 is 2.20 bits per heavy atom. The third kappa shape index (κ3) is 2.89. The van der Waals surface area contributed by atoms with E-state index in [-0.39, 0.29) is 11.7 Å². The highest BCUT2D eigenvalue weighted by Gasteiger charge is 2.23. The van der Waals surface area contributed by atoms with Crippen LogP contribution in [-0.2, 0) is 9.53 Å². The molecule has 1 N–H and O–H groups in total. The van der Waals surface area contributed by atoms with Crippen molar-refractivity contribution in [1.82, 2.24) is 0 Å². The number of carbonyl (C=O) groups excluding carboxylic acids is 1. The van der Waals surface area contributed by atoms with Gasteiger partial charge in [-0.1, -0.05) is 18.2 Å². The van der Waals surface area contributed by atoms with Crippen molar-refractivity contribution in [2.24, 2.45) is 0 Å². The summed E-state index contributed by atoms with van der Waals surface area (Å²) in [6, 6.07) is 6.84. The molecule has 0 fully saturated rings. The second-order valence-electron chi connectivity index (χ2n) is 3.09. The molecular weight excluding hydrogens is 212 g/mol. The summed E-state index contributed by atoms with van der Waals surface area (Å²) in [7, 11) is 1.36. The summed E-state index contributed by atoms with van der Waals surface area (Å²) in [6.45, 7) is 0. The molecule has 1 rings (SSSR count). The molecule has 0 saturated carbocycles. The van der Waals surface area contributed by atoms with Gasteiger partial charge in [-0.2, -0.15) is 11.8 Å². The molecule has 0 amide bonds. The average Bonchev–Trinajstić information content (AvgIpc) is 2.26. The summed E-state index contributed by atoms with van der Waals surface area (Å²) < 4.78 is 4.71. The molecule has 0 aliphatic rings. The Balaban J connectivity index is 2.98. The van der Waals surface area contributed by atoms with Gasteiger partial charge in [0.05, 0.1) is 13.0 Å². The maximum atomic E-state index is 11.5. The number of aromatic hydroxyl groups is 1. The molecule has 0 bridgehead atoms. The Bertz CT molecular complexity index is 338. The van der Waals surface area contributed by atoms with E-state index < -0.39 is 5.92 Å². The summed E-state index contributed by atoms with van der Waals surface area (Å²) >= 11 is 1.55. The predicted molar refractivity (Wildman–Crippen MR) is 61.2 cm³/mol. The van der Waals surface area contributed by atoms with Crippen LogP contribution in [-0.4, -0.2) is 30.2 Å². The second kappa shape index (κ2) is 5.66. The molecule has 15 heavy (non-hydrogen) atoms. The molecule has 0 aromatic heterocycles. The lowest BCUT2D eigenvalue weighted by Gasteiger charge is -2.14. The smallest absolute Gasteiger partial charge is 0.314 e. The molecule has 1 aromatic carbocycles. The Labute approximate surface area is 93.4 Å². The first kappa shape index (κ1) is 11.9. The van der Waals surface area contributed by atoms with Crippen molar-refractivity contribution in [3.05, 3.63) is 29.8 Å². The molecular formula is C11H14O3S. The zero-order valence-corrected chi connectivity index (χ0v) is 9.58. The highest BCUT2D eigenvalue weighted by atomic mass is 32.2. The molecule has 0 spiro atoms. The second-order valence-corrected chi connectivity index (χ2v) is 4.00. The van der Waals surface area contributed by atoms with Crippen LogP contribution in [0.3, 0.4) is 0 Å². The van der Waals surface area contributed by atoms with Gasteiger partial charge in [0.1, 0.15) is 5.75 Å². The lowest BCUT2D eigenvalue weighted by Crippen LogP contribution is -2.16. The summed E-state index contributed by atoms with van der Waals surface area (Å²) in [6.07, 6.45) is 1.91. The third-order valence-electron chi connectivity index (χ3n) is 2.13. The largest absolute Gasteiger partial charge is 0.508 e. The minimum absolute atomic E-state index is 0.141. The van der Waals surface area contributed by atoms with Crippen LogP contribution in [0.1, 0.15) is 11.5 Å². The number of esters is 1. The van der Waals surface area contributed by atoms with Gasteiger partial charge >= 0.3 is 5.97 Å². The quantitative estimate of drug-likeness (QED) is 0.798. The van der Waals surface area contributed by atoms with E-state index in [9.17, 15) is 9.90 Å². The fourth-order valence-corrected chi connectivity index (χ4v) is 2.02. The van der Waals surface area contributed by atoms with Crippen molar-refractivity contribution in [2.45, 2.75) is 5.92 Å². The summed E-state index contributed by atoms with van der Waals surface area (Å²) in [5.74, 6) is 0.0311. The van der Waals surface area contributed by atoms with E-state index in [0.29, 0.717) is 11.3 Å². The zero-order chi connectivity index (χ0) is 11.3. The number of hydrogen-bond donors (Lipinski definition) is 1. The van der Waals surface area contributed by atoms with Crippen molar-refractivity contribution in [2.75, 3.05) is 19.1 Å². The molecule has 0 aliphatic carbocycles. The molecule has 4 heteroatoms. The molecule has 0 aliphatic heterocycles. The number of hydrogen-bond acceptors (Lipinski definition) is 4. The zero-order valence-electron chi connectivity index (χ0n) is 8.77. The summed E-state index contributed by atoms with van der Waals surface area (Å²) in [5, 5.41) is 9.63. The van der Waals surface area contributed by atoms with Gasteiger partial charge in [-0.05, 0) is 12.3 Å². The number of ether oxygens (including phenoxy) is 1. The normalized spacial score (nSPS) is 12.1. The number of carbonyl (C=O) groups is 1. The van der Waals surface area contributed by atoms with E-state index in [1.54, 1.807) is 36.0 Å². The highest BCUT2D eigenvalue weighted by Crippen LogP contribution is 2.28. The highest BCUT2D eigenvalue weighted by molar-refractivity contribution is 7.98. The van der Waals surface area contributed by atoms with Gasteiger partial charge in [-0.25, -0.2) is 0 Å². The molecule has 0 radical (unpaired) electrons. The fourth-order valence-electron chi connectivity index (χ4n) is 1.38. The number of benzene rings is 1. The van der Waals surface area contributed by atoms with Crippen LogP contribution in [0.25, 0.3) is 0 Å². The van der Waals surface area contributed by atoms with Crippen molar-refractivity contribution >= 4 is 17.7 Å². The van der Waals surface area contributed by atoms with E-state index in [0.717, 1.165) is 0 Å². The molecule has 1 aromatic rings. The minimum Gasteiger partial charge on any atom is -0.508 e. The van der Waals surface area contributed by atoms with Crippen LogP contribution in [0.15, 0.2) is 24.3 Å². The van der Waals surface area contributed by atoms with Crippen molar-refractivity contribution in [3.63, 3.8) is 0 Å². The Hall–Kier alpha value is -1.16.